The van der Waals surface area contributed by atoms with Crippen LogP contribution in [0.1, 0.15) is 18.1 Å². The van der Waals surface area contributed by atoms with Crippen LogP contribution < -0.4 is 5.32 Å². The molecule has 2 N–H and O–H groups in total. The summed E-state index contributed by atoms with van der Waals surface area (Å²) < 4.78 is 5.23. The lowest BCUT2D eigenvalue weighted by atomic mass is 10.2. The maximum atomic E-state index is 12.0. The van der Waals surface area contributed by atoms with Crippen LogP contribution in [-0.4, -0.2) is 31.2 Å². The lowest BCUT2D eigenvalue weighted by Gasteiger charge is -2.02. The molecule has 2 heterocycles. The number of aromatic amines is 1. The molecule has 29 heavy (non-hydrogen) atoms. The van der Waals surface area contributed by atoms with Crippen LogP contribution in [0, 0.1) is 0 Å². The second-order valence-electron chi connectivity index (χ2n) is 6.14. The average Bonchev–Trinajstić information content (AvgIpc) is 3.42. The summed E-state index contributed by atoms with van der Waals surface area (Å²) in [5.74, 6) is 2.07. The maximum absolute atomic E-state index is 12.0. The van der Waals surface area contributed by atoms with Crippen molar-refractivity contribution in [3.63, 3.8) is 0 Å². The number of nitrogens with one attached hydrogen (secondary N) is 2. The predicted octanol–water partition coefficient (Wildman–Crippen LogP) is 3.72. The number of anilines is 1. The van der Waals surface area contributed by atoms with Gasteiger partial charge in [0.2, 0.25) is 17.0 Å². The van der Waals surface area contributed by atoms with E-state index in [1.807, 2.05) is 60.7 Å². The van der Waals surface area contributed by atoms with Crippen molar-refractivity contribution in [1.82, 2.24) is 25.3 Å². The van der Waals surface area contributed by atoms with Crippen molar-refractivity contribution in [3.05, 3.63) is 72.4 Å². The van der Waals surface area contributed by atoms with Gasteiger partial charge in [-0.15, -0.1) is 5.10 Å². The second-order valence-corrected chi connectivity index (χ2v) is 7.08. The third-order valence-electron chi connectivity index (χ3n) is 3.98. The molecule has 0 spiro atoms. The van der Waals surface area contributed by atoms with Gasteiger partial charge in [-0.2, -0.15) is 4.98 Å². The summed E-state index contributed by atoms with van der Waals surface area (Å²) in [5.41, 5.74) is 1.74. The van der Waals surface area contributed by atoms with Crippen LogP contribution in [0.25, 0.3) is 11.4 Å². The number of rotatable bonds is 8. The number of carbonyl (C=O) groups excluding carboxylic acids is 1. The Hall–Kier alpha value is -3.46. The first-order valence-electron chi connectivity index (χ1n) is 9.03. The molecule has 0 unspecified atom stereocenters. The van der Waals surface area contributed by atoms with Crippen LogP contribution in [0.5, 0.6) is 0 Å². The van der Waals surface area contributed by atoms with Gasteiger partial charge in [-0.25, -0.2) is 4.98 Å². The van der Waals surface area contributed by atoms with Crippen molar-refractivity contribution in [1.29, 1.82) is 0 Å². The SMILES string of the molecule is O=C(CCc1nc(CSc2n[nH]c(-c3ccccc3)n2)no1)Nc1ccccc1. The van der Waals surface area contributed by atoms with Crippen molar-refractivity contribution < 1.29 is 9.32 Å². The Morgan fingerprint density at radius 1 is 1.03 bits per heavy atom. The van der Waals surface area contributed by atoms with E-state index in [4.69, 9.17) is 4.52 Å². The number of amides is 1. The minimum absolute atomic E-state index is 0.0977. The Balaban J connectivity index is 1.25. The highest BCUT2D eigenvalue weighted by atomic mass is 32.2. The summed E-state index contributed by atoms with van der Waals surface area (Å²) >= 11 is 1.41. The molecule has 0 bridgehead atoms. The van der Waals surface area contributed by atoms with E-state index in [1.165, 1.54) is 11.8 Å². The molecule has 0 atom stereocenters. The Labute approximate surface area is 171 Å². The number of H-pyrrole nitrogens is 1. The maximum Gasteiger partial charge on any atom is 0.227 e. The molecule has 4 rings (SSSR count). The highest BCUT2D eigenvalue weighted by Crippen LogP contribution is 2.21. The molecular weight excluding hydrogens is 388 g/mol. The van der Waals surface area contributed by atoms with Crippen molar-refractivity contribution in [2.45, 2.75) is 23.8 Å². The number of benzene rings is 2. The summed E-state index contributed by atoms with van der Waals surface area (Å²) in [4.78, 5) is 20.8. The predicted molar refractivity (Wildman–Crippen MR) is 109 cm³/mol. The van der Waals surface area contributed by atoms with Crippen LogP contribution in [0.3, 0.4) is 0 Å². The fraction of sp³-hybridized carbons (Fsp3) is 0.150. The Morgan fingerprint density at radius 3 is 2.59 bits per heavy atom. The van der Waals surface area contributed by atoms with Crippen molar-refractivity contribution in [2.75, 3.05) is 5.32 Å². The molecule has 146 valence electrons. The molecule has 2 aromatic carbocycles. The first-order valence-corrected chi connectivity index (χ1v) is 10.0. The van der Waals surface area contributed by atoms with E-state index in [0.29, 0.717) is 34.9 Å². The molecular formula is C20H18N6O2S. The van der Waals surface area contributed by atoms with E-state index >= 15 is 0 Å². The van der Waals surface area contributed by atoms with Gasteiger partial charge in [0.25, 0.3) is 0 Å². The molecule has 0 aliphatic rings. The van der Waals surface area contributed by atoms with Crippen molar-refractivity contribution in [2.24, 2.45) is 0 Å². The normalized spacial score (nSPS) is 10.8. The fourth-order valence-corrected chi connectivity index (χ4v) is 3.22. The highest BCUT2D eigenvalue weighted by molar-refractivity contribution is 7.98. The minimum atomic E-state index is -0.0977. The molecule has 9 heteroatoms. The van der Waals surface area contributed by atoms with E-state index in [-0.39, 0.29) is 12.3 Å². The molecule has 0 aliphatic carbocycles. The summed E-state index contributed by atoms with van der Waals surface area (Å²) in [6, 6.07) is 19.1. The van der Waals surface area contributed by atoms with Crippen LogP contribution in [-0.2, 0) is 17.0 Å². The van der Waals surface area contributed by atoms with Gasteiger partial charge in [-0.05, 0) is 12.1 Å². The number of thioether (sulfide) groups is 1. The number of aromatic nitrogens is 5. The lowest BCUT2D eigenvalue weighted by molar-refractivity contribution is -0.116. The number of nitrogens with zero attached hydrogens (tertiary/aromatic N) is 4. The lowest BCUT2D eigenvalue weighted by Crippen LogP contribution is -2.12. The largest absolute Gasteiger partial charge is 0.339 e. The zero-order chi connectivity index (χ0) is 19.9. The summed E-state index contributed by atoms with van der Waals surface area (Å²) in [6.07, 6.45) is 0.653. The fourth-order valence-electron chi connectivity index (χ4n) is 2.58. The number of hydrogen-bond donors (Lipinski definition) is 2. The van der Waals surface area contributed by atoms with E-state index in [0.717, 1.165) is 11.3 Å². The number of carbonyl (C=O) groups is 1. The minimum Gasteiger partial charge on any atom is -0.339 e. The van der Waals surface area contributed by atoms with Gasteiger partial charge >= 0.3 is 0 Å². The average molecular weight is 406 g/mol. The van der Waals surface area contributed by atoms with Gasteiger partial charge in [0.05, 0.1) is 5.75 Å². The zero-order valence-electron chi connectivity index (χ0n) is 15.4. The Kier molecular flexibility index (Phi) is 5.96. The Bertz CT molecular complexity index is 1060. The molecule has 0 radical (unpaired) electrons. The smallest absolute Gasteiger partial charge is 0.227 e. The number of hydrogen-bond acceptors (Lipinski definition) is 7. The molecule has 1 amide bonds. The van der Waals surface area contributed by atoms with Gasteiger partial charge < -0.3 is 9.84 Å². The molecule has 8 nitrogen and oxygen atoms in total. The molecule has 0 fully saturated rings. The number of para-hydroxylation sites is 1. The summed E-state index contributed by atoms with van der Waals surface area (Å²) in [7, 11) is 0. The van der Waals surface area contributed by atoms with E-state index < -0.39 is 0 Å². The monoisotopic (exact) mass is 406 g/mol. The van der Waals surface area contributed by atoms with Crippen LogP contribution >= 0.6 is 11.8 Å². The molecule has 0 saturated heterocycles. The molecule has 4 aromatic rings. The third-order valence-corrected chi connectivity index (χ3v) is 4.82. The highest BCUT2D eigenvalue weighted by Gasteiger charge is 2.12. The van der Waals surface area contributed by atoms with Gasteiger partial charge in [-0.3, -0.25) is 9.89 Å². The van der Waals surface area contributed by atoms with Gasteiger partial charge in [0, 0.05) is 24.1 Å². The standard InChI is InChI=1S/C20H18N6O2S/c27-17(21-15-9-5-2-6-10-15)11-12-18-22-16(26-28-18)13-29-20-23-19(24-25-20)14-7-3-1-4-8-14/h1-10H,11-13H2,(H,21,27)(H,23,24,25). The van der Waals surface area contributed by atoms with Gasteiger partial charge in [-0.1, -0.05) is 65.4 Å². The van der Waals surface area contributed by atoms with Crippen molar-refractivity contribution >= 4 is 23.4 Å². The first-order chi connectivity index (χ1) is 14.3. The van der Waals surface area contributed by atoms with Crippen LogP contribution in [0.4, 0.5) is 5.69 Å². The molecule has 0 saturated carbocycles. The number of aryl methyl sites for hydroxylation is 1. The zero-order valence-corrected chi connectivity index (χ0v) is 16.2. The molecule has 0 aliphatic heterocycles. The summed E-state index contributed by atoms with van der Waals surface area (Å²) in [6.45, 7) is 0. The van der Waals surface area contributed by atoms with Gasteiger partial charge in [0.1, 0.15) is 0 Å². The van der Waals surface area contributed by atoms with Crippen LogP contribution in [0.15, 0.2) is 70.3 Å². The van der Waals surface area contributed by atoms with Gasteiger partial charge in [0.15, 0.2) is 11.6 Å². The first kappa shape index (κ1) is 18.9. The van der Waals surface area contributed by atoms with E-state index in [1.54, 1.807) is 0 Å². The quantitative estimate of drug-likeness (QED) is 0.429. The third kappa shape index (κ3) is 5.29. The van der Waals surface area contributed by atoms with Crippen molar-refractivity contribution in [3.8, 4) is 11.4 Å². The van der Waals surface area contributed by atoms with Crippen LogP contribution in [0.2, 0.25) is 0 Å². The second kappa shape index (κ2) is 9.16. The summed E-state index contributed by atoms with van der Waals surface area (Å²) in [5, 5.41) is 14.5. The Morgan fingerprint density at radius 2 is 1.79 bits per heavy atom. The topological polar surface area (TPSA) is 110 Å². The van der Waals surface area contributed by atoms with E-state index in [2.05, 4.69) is 30.6 Å². The molecule has 2 aromatic heterocycles. The van der Waals surface area contributed by atoms with E-state index in [9.17, 15) is 4.79 Å².